The molecule has 2 rings (SSSR count). The highest BCUT2D eigenvalue weighted by molar-refractivity contribution is 7.92. The Hall–Kier alpha value is -2.54. The highest BCUT2D eigenvalue weighted by Gasteiger charge is 2.19. The number of anilines is 1. The maximum atomic E-state index is 12.5. The minimum absolute atomic E-state index is 0.292. The van der Waals surface area contributed by atoms with Crippen LogP contribution < -0.4 is 14.4 Å². The number of rotatable bonds is 9. The Morgan fingerprint density at radius 3 is 2.48 bits per heavy atom. The third-order valence-corrected chi connectivity index (χ3v) is 5.36. The maximum absolute atomic E-state index is 12.5. The molecule has 0 aliphatic rings. The van der Waals surface area contributed by atoms with Crippen LogP contribution in [0.1, 0.15) is 29.3 Å². The van der Waals surface area contributed by atoms with E-state index in [1.807, 2.05) is 31.2 Å². The van der Waals surface area contributed by atoms with Crippen LogP contribution in [-0.2, 0) is 16.4 Å². The summed E-state index contributed by atoms with van der Waals surface area (Å²) in [4.78, 5) is 12.5. The van der Waals surface area contributed by atoms with Crippen LogP contribution in [0.3, 0.4) is 0 Å². The summed E-state index contributed by atoms with van der Waals surface area (Å²) in [7, 11) is -2.01. The Morgan fingerprint density at radius 2 is 1.78 bits per heavy atom. The summed E-state index contributed by atoms with van der Waals surface area (Å²) in [6.45, 7) is 3.04. The number of para-hydroxylation sites is 2. The minimum Gasteiger partial charge on any atom is -0.494 e. The van der Waals surface area contributed by atoms with Crippen molar-refractivity contribution in [2.45, 2.75) is 19.8 Å². The van der Waals surface area contributed by atoms with Gasteiger partial charge in [-0.3, -0.25) is 9.10 Å². The average Bonchev–Trinajstić information content (AvgIpc) is 2.65. The Morgan fingerprint density at radius 1 is 1.11 bits per heavy atom. The zero-order valence-corrected chi connectivity index (χ0v) is 16.8. The van der Waals surface area contributed by atoms with Crippen molar-refractivity contribution in [3.8, 4) is 5.75 Å². The summed E-state index contributed by atoms with van der Waals surface area (Å²) in [6.07, 6.45) is 2.64. The van der Waals surface area contributed by atoms with E-state index in [2.05, 4.69) is 5.32 Å². The van der Waals surface area contributed by atoms with Gasteiger partial charge in [0.15, 0.2) is 0 Å². The second kappa shape index (κ2) is 9.41. The number of ether oxygens (including phenoxy) is 1. The van der Waals surface area contributed by atoms with E-state index in [1.54, 1.807) is 24.3 Å². The number of hydrogen-bond donors (Lipinski definition) is 1. The minimum atomic E-state index is -3.44. The predicted molar refractivity (Wildman–Crippen MR) is 108 cm³/mol. The molecule has 0 spiro atoms. The monoisotopic (exact) mass is 390 g/mol. The number of hydrogen-bond acceptors (Lipinski definition) is 4. The third-order valence-electron chi connectivity index (χ3n) is 4.17. The molecule has 0 heterocycles. The van der Waals surface area contributed by atoms with Crippen molar-refractivity contribution in [3.63, 3.8) is 0 Å². The van der Waals surface area contributed by atoms with Crippen molar-refractivity contribution in [1.29, 1.82) is 0 Å². The third kappa shape index (κ3) is 5.72. The van der Waals surface area contributed by atoms with Crippen molar-refractivity contribution < 1.29 is 17.9 Å². The van der Waals surface area contributed by atoms with Crippen molar-refractivity contribution in [3.05, 3.63) is 59.7 Å². The lowest BCUT2D eigenvalue weighted by Gasteiger charge is -2.19. The van der Waals surface area contributed by atoms with Crippen LogP contribution in [0.4, 0.5) is 5.69 Å². The van der Waals surface area contributed by atoms with Gasteiger partial charge in [-0.05, 0) is 43.5 Å². The van der Waals surface area contributed by atoms with Gasteiger partial charge in [-0.15, -0.1) is 0 Å². The molecule has 7 heteroatoms. The topological polar surface area (TPSA) is 75.7 Å². The van der Waals surface area contributed by atoms with E-state index < -0.39 is 10.0 Å². The summed E-state index contributed by atoms with van der Waals surface area (Å²) >= 11 is 0. The van der Waals surface area contributed by atoms with Crippen LogP contribution in [-0.4, -0.2) is 40.8 Å². The van der Waals surface area contributed by atoms with Gasteiger partial charge in [0.05, 0.1) is 24.1 Å². The summed E-state index contributed by atoms with van der Waals surface area (Å²) < 4.78 is 30.3. The lowest BCUT2D eigenvalue weighted by Crippen LogP contribution is -2.30. The van der Waals surface area contributed by atoms with Crippen LogP contribution in [0.25, 0.3) is 0 Å². The van der Waals surface area contributed by atoms with E-state index in [0.717, 1.165) is 34.7 Å². The molecule has 6 nitrogen and oxygen atoms in total. The predicted octanol–water partition coefficient (Wildman–Crippen LogP) is 2.84. The Labute approximate surface area is 161 Å². The lowest BCUT2D eigenvalue weighted by atomic mass is 10.1. The molecule has 0 aliphatic heterocycles. The first-order valence-electron chi connectivity index (χ1n) is 8.86. The zero-order chi connectivity index (χ0) is 19.9. The lowest BCUT2D eigenvalue weighted by molar-refractivity contribution is 0.0954. The second-order valence-electron chi connectivity index (χ2n) is 6.15. The molecule has 0 aliphatic carbocycles. The van der Waals surface area contributed by atoms with Crippen LogP contribution in [0, 0.1) is 0 Å². The fourth-order valence-corrected chi connectivity index (χ4v) is 3.22. The number of amides is 1. The molecule has 0 unspecified atom stereocenters. The molecule has 0 saturated carbocycles. The van der Waals surface area contributed by atoms with Crippen LogP contribution in [0.2, 0.25) is 0 Å². The highest BCUT2D eigenvalue weighted by atomic mass is 32.2. The maximum Gasteiger partial charge on any atom is 0.253 e. The number of carbonyl (C=O) groups is 1. The van der Waals surface area contributed by atoms with E-state index in [1.165, 1.54) is 7.05 Å². The molecular weight excluding hydrogens is 364 g/mol. The summed E-state index contributed by atoms with van der Waals surface area (Å²) in [5, 5.41) is 2.87. The second-order valence-corrected chi connectivity index (χ2v) is 8.16. The van der Waals surface area contributed by atoms with E-state index in [-0.39, 0.29) is 5.91 Å². The molecule has 2 aromatic rings. The van der Waals surface area contributed by atoms with Gasteiger partial charge in [0.25, 0.3) is 5.91 Å². The fraction of sp³-hybridized carbons (Fsp3) is 0.350. The van der Waals surface area contributed by atoms with E-state index >= 15 is 0 Å². The molecule has 1 amide bonds. The molecule has 27 heavy (non-hydrogen) atoms. The summed E-state index contributed by atoms with van der Waals surface area (Å²) in [5.74, 6) is 0.575. The number of nitrogens with zero attached hydrogens (tertiary/aromatic N) is 1. The molecule has 0 aromatic heterocycles. The number of sulfonamides is 1. The summed E-state index contributed by atoms with van der Waals surface area (Å²) in [6, 6.07) is 14.5. The molecular formula is C20H26N2O4S. The van der Waals surface area contributed by atoms with Crippen molar-refractivity contribution in [2.75, 3.05) is 30.8 Å². The largest absolute Gasteiger partial charge is 0.494 e. The van der Waals surface area contributed by atoms with Crippen molar-refractivity contribution in [2.24, 2.45) is 0 Å². The fourth-order valence-electron chi connectivity index (χ4n) is 2.70. The quantitative estimate of drug-likeness (QED) is 0.668. The Kier molecular flexibility index (Phi) is 7.24. The number of nitrogens with one attached hydrogen (secondary N) is 1. The smallest absolute Gasteiger partial charge is 0.253 e. The van der Waals surface area contributed by atoms with Gasteiger partial charge in [-0.1, -0.05) is 30.3 Å². The van der Waals surface area contributed by atoms with Crippen LogP contribution >= 0.6 is 0 Å². The number of benzene rings is 2. The number of aryl methyl sites for hydroxylation is 1. The normalized spacial score (nSPS) is 11.1. The highest BCUT2D eigenvalue weighted by Crippen LogP contribution is 2.22. The Bertz CT molecular complexity index is 881. The van der Waals surface area contributed by atoms with Gasteiger partial charge in [-0.2, -0.15) is 0 Å². The van der Waals surface area contributed by atoms with E-state index in [4.69, 9.17) is 4.74 Å². The van der Waals surface area contributed by atoms with Crippen molar-refractivity contribution in [1.82, 2.24) is 5.32 Å². The summed E-state index contributed by atoms with van der Waals surface area (Å²) in [5.41, 5.74) is 1.80. The van der Waals surface area contributed by atoms with Gasteiger partial charge in [0, 0.05) is 13.6 Å². The van der Waals surface area contributed by atoms with E-state index in [0.29, 0.717) is 24.4 Å². The average molecular weight is 391 g/mol. The first-order valence-corrected chi connectivity index (χ1v) is 10.7. The molecule has 2 aromatic carbocycles. The zero-order valence-electron chi connectivity index (χ0n) is 15.9. The molecule has 0 saturated heterocycles. The van der Waals surface area contributed by atoms with E-state index in [9.17, 15) is 13.2 Å². The van der Waals surface area contributed by atoms with Crippen molar-refractivity contribution >= 4 is 21.6 Å². The SMILES string of the molecule is CCOc1ccccc1CCCNC(=O)c1ccccc1N(C)S(C)(=O)=O. The van der Waals surface area contributed by atoms with Gasteiger partial charge in [0.1, 0.15) is 5.75 Å². The van der Waals surface area contributed by atoms with Crippen LogP contribution in [0.5, 0.6) is 5.75 Å². The molecule has 0 atom stereocenters. The van der Waals surface area contributed by atoms with Gasteiger partial charge in [0.2, 0.25) is 10.0 Å². The molecule has 0 fully saturated rings. The molecule has 0 bridgehead atoms. The molecule has 0 radical (unpaired) electrons. The van der Waals surface area contributed by atoms with Gasteiger partial charge in [-0.25, -0.2) is 8.42 Å². The van der Waals surface area contributed by atoms with Crippen LogP contribution in [0.15, 0.2) is 48.5 Å². The number of carbonyl (C=O) groups excluding carboxylic acids is 1. The molecule has 1 N–H and O–H groups in total. The van der Waals surface area contributed by atoms with Gasteiger partial charge >= 0.3 is 0 Å². The standard InChI is InChI=1S/C20H26N2O4S/c1-4-26-19-14-8-5-10-16(19)11-9-15-21-20(23)17-12-6-7-13-18(17)22(2)27(3,24)25/h5-8,10,12-14H,4,9,11,15H2,1-3H3,(H,21,23). The van der Waals surface area contributed by atoms with Gasteiger partial charge < -0.3 is 10.1 Å². The first kappa shape index (κ1) is 20.8. The molecule has 146 valence electrons. The first-order chi connectivity index (χ1) is 12.8. The Balaban J connectivity index is 1.98.